The Morgan fingerprint density at radius 1 is 1.22 bits per heavy atom. The van der Waals surface area contributed by atoms with Gasteiger partial charge < -0.3 is 5.11 Å². The van der Waals surface area contributed by atoms with Gasteiger partial charge >= 0.3 is 6.18 Å². The number of ketones is 1. The van der Waals surface area contributed by atoms with Crippen molar-refractivity contribution in [3.05, 3.63) is 47.2 Å². The van der Waals surface area contributed by atoms with E-state index in [2.05, 4.69) is 4.99 Å². The van der Waals surface area contributed by atoms with Gasteiger partial charge in [0.2, 0.25) is 5.76 Å². The van der Waals surface area contributed by atoms with E-state index in [1.54, 1.807) is 38.1 Å². The van der Waals surface area contributed by atoms with Crippen LogP contribution >= 0.6 is 0 Å². The van der Waals surface area contributed by atoms with E-state index < -0.39 is 28.7 Å². The topological polar surface area (TPSA) is 49.7 Å². The lowest BCUT2D eigenvalue weighted by Gasteiger charge is -2.31. The number of allylic oxidation sites excluding steroid dienone is 2. The molecular weight excluding hydrogens is 307 g/mol. The maximum atomic E-state index is 12.8. The summed E-state index contributed by atoms with van der Waals surface area (Å²) < 4.78 is 38.5. The van der Waals surface area contributed by atoms with Crippen LogP contribution in [-0.4, -0.2) is 22.8 Å². The molecule has 124 valence electrons. The van der Waals surface area contributed by atoms with Crippen LogP contribution in [0.3, 0.4) is 0 Å². The van der Waals surface area contributed by atoms with Crippen molar-refractivity contribution in [3.8, 4) is 0 Å². The number of Topliss-reactive ketones (excluding diaryl/α,β-unsaturated/α-hetero) is 1. The minimum Gasteiger partial charge on any atom is -0.504 e. The minimum atomic E-state index is -4.96. The van der Waals surface area contributed by atoms with Gasteiger partial charge in [0.05, 0.1) is 17.8 Å². The molecule has 6 heteroatoms. The lowest BCUT2D eigenvalue weighted by atomic mass is 9.73. The fourth-order valence-electron chi connectivity index (χ4n) is 2.60. The highest BCUT2D eigenvalue weighted by molar-refractivity contribution is 6.24. The first kappa shape index (κ1) is 17.2. The molecule has 0 radical (unpaired) electrons. The molecule has 1 aromatic carbocycles. The zero-order chi connectivity index (χ0) is 17.3. The highest BCUT2D eigenvalue weighted by Gasteiger charge is 2.44. The molecule has 23 heavy (non-hydrogen) atoms. The summed E-state index contributed by atoms with van der Waals surface area (Å²) in [6.07, 6.45) is -4.80. The van der Waals surface area contributed by atoms with Gasteiger partial charge in [0.15, 0.2) is 5.78 Å². The zero-order valence-corrected chi connectivity index (χ0v) is 12.9. The summed E-state index contributed by atoms with van der Waals surface area (Å²) in [5.74, 6) is -2.56. The fraction of sp³-hybridized carbons (Fsp3) is 0.412. The van der Waals surface area contributed by atoms with Crippen LogP contribution in [0.15, 0.2) is 46.7 Å². The van der Waals surface area contributed by atoms with Crippen LogP contribution in [0, 0.1) is 5.41 Å². The predicted molar refractivity (Wildman–Crippen MR) is 81.3 cm³/mol. The van der Waals surface area contributed by atoms with Crippen molar-refractivity contribution in [3.63, 3.8) is 0 Å². The van der Waals surface area contributed by atoms with Crippen molar-refractivity contribution >= 4 is 11.5 Å². The van der Waals surface area contributed by atoms with E-state index in [-0.39, 0.29) is 25.1 Å². The van der Waals surface area contributed by atoms with Gasteiger partial charge in [0.1, 0.15) is 0 Å². The molecule has 0 unspecified atom stereocenters. The molecule has 0 heterocycles. The highest BCUT2D eigenvalue weighted by atomic mass is 19.4. The van der Waals surface area contributed by atoms with Crippen LogP contribution < -0.4 is 0 Å². The summed E-state index contributed by atoms with van der Waals surface area (Å²) in [7, 11) is 0. The van der Waals surface area contributed by atoms with Gasteiger partial charge in [-0.3, -0.25) is 9.79 Å². The second kappa shape index (κ2) is 6.18. The lowest BCUT2D eigenvalue weighted by molar-refractivity contribution is -0.127. The van der Waals surface area contributed by atoms with Gasteiger partial charge in [-0.05, 0) is 17.4 Å². The number of rotatable bonds is 2. The number of aliphatic hydroxyl groups excluding tert-OH is 1. The van der Waals surface area contributed by atoms with E-state index in [4.69, 9.17) is 0 Å². The van der Waals surface area contributed by atoms with Crippen LogP contribution in [0.1, 0.15) is 32.3 Å². The molecular formula is C17H18F3NO2. The quantitative estimate of drug-likeness (QED) is 0.647. The van der Waals surface area contributed by atoms with Crippen LogP contribution in [0.25, 0.3) is 0 Å². The molecule has 0 saturated heterocycles. The fourth-order valence-corrected chi connectivity index (χ4v) is 2.60. The number of aliphatic hydroxyl groups is 1. The van der Waals surface area contributed by atoms with Crippen LogP contribution in [0.5, 0.6) is 0 Å². The van der Waals surface area contributed by atoms with Crippen LogP contribution in [0.2, 0.25) is 0 Å². The van der Waals surface area contributed by atoms with Crippen molar-refractivity contribution in [2.75, 3.05) is 0 Å². The summed E-state index contributed by atoms with van der Waals surface area (Å²) in [6, 6.07) is 9.02. The summed E-state index contributed by atoms with van der Waals surface area (Å²) in [6.45, 7) is 3.75. The largest absolute Gasteiger partial charge is 0.504 e. The van der Waals surface area contributed by atoms with Crippen molar-refractivity contribution in [1.82, 2.24) is 0 Å². The number of alkyl halides is 3. The highest BCUT2D eigenvalue weighted by Crippen LogP contribution is 2.38. The summed E-state index contributed by atoms with van der Waals surface area (Å²) in [5.41, 5.74) is -0.332. The number of hydrogen-bond donors (Lipinski definition) is 1. The van der Waals surface area contributed by atoms with Crippen molar-refractivity contribution < 1.29 is 23.1 Å². The maximum absolute atomic E-state index is 12.8. The third kappa shape index (κ3) is 4.21. The monoisotopic (exact) mass is 325 g/mol. The van der Waals surface area contributed by atoms with Gasteiger partial charge in [-0.1, -0.05) is 44.2 Å². The second-order valence-corrected chi connectivity index (χ2v) is 6.41. The van der Waals surface area contributed by atoms with E-state index in [9.17, 15) is 23.1 Å². The van der Waals surface area contributed by atoms with Crippen LogP contribution in [-0.2, 0) is 11.3 Å². The van der Waals surface area contributed by atoms with Gasteiger partial charge in [-0.15, -0.1) is 0 Å². The molecule has 0 bridgehead atoms. The predicted octanol–water partition coefficient (Wildman–Crippen LogP) is 4.39. The Bertz CT molecular complexity index is 658. The Morgan fingerprint density at radius 2 is 1.83 bits per heavy atom. The maximum Gasteiger partial charge on any atom is 0.449 e. The molecule has 1 aliphatic carbocycles. The van der Waals surface area contributed by atoms with E-state index in [0.717, 1.165) is 5.56 Å². The molecule has 2 rings (SSSR count). The Morgan fingerprint density at radius 3 is 2.39 bits per heavy atom. The number of carbonyl (C=O) groups is 1. The molecule has 0 amide bonds. The number of halogens is 3. The molecule has 1 aromatic rings. The molecule has 0 spiro atoms. The minimum absolute atomic E-state index is 0.0185. The van der Waals surface area contributed by atoms with Gasteiger partial charge in [0.25, 0.3) is 0 Å². The first-order chi connectivity index (χ1) is 10.6. The average Bonchev–Trinajstić information content (AvgIpc) is 2.43. The van der Waals surface area contributed by atoms with E-state index in [1.165, 1.54) is 0 Å². The zero-order valence-electron chi connectivity index (χ0n) is 12.9. The average molecular weight is 325 g/mol. The molecule has 1 aliphatic rings. The Labute approximate surface area is 132 Å². The van der Waals surface area contributed by atoms with Gasteiger partial charge in [-0.25, -0.2) is 0 Å². The van der Waals surface area contributed by atoms with Crippen molar-refractivity contribution in [1.29, 1.82) is 0 Å². The second-order valence-electron chi connectivity index (χ2n) is 6.41. The molecule has 3 nitrogen and oxygen atoms in total. The summed E-state index contributed by atoms with van der Waals surface area (Å²) >= 11 is 0. The van der Waals surface area contributed by atoms with E-state index in [1.807, 2.05) is 6.07 Å². The van der Waals surface area contributed by atoms with E-state index >= 15 is 0 Å². The van der Waals surface area contributed by atoms with E-state index in [0.29, 0.717) is 0 Å². The van der Waals surface area contributed by atoms with Gasteiger partial charge in [0, 0.05) is 6.42 Å². The van der Waals surface area contributed by atoms with Gasteiger partial charge in [-0.2, -0.15) is 13.2 Å². The van der Waals surface area contributed by atoms with Crippen molar-refractivity contribution in [2.24, 2.45) is 10.4 Å². The molecule has 0 aliphatic heterocycles. The molecule has 0 aromatic heterocycles. The lowest BCUT2D eigenvalue weighted by Crippen LogP contribution is -2.34. The van der Waals surface area contributed by atoms with Crippen molar-refractivity contribution in [2.45, 2.75) is 39.4 Å². The summed E-state index contributed by atoms with van der Waals surface area (Å²) in [5, 5.41) is 9.47. The SMILES string of the molecule is CC1(C)CC(=O)/C(=C(/O)C(F)(F)F)C(=NCc2ccccc2)C1. The number of aliphatic imine (C=N–C) groups is 1. The number of carbonyl (C=O) groups excluding carboxylic acids is 1. The normalized spacial score (nSPS) is 22.3. The molecule has 1 fully saturated rings. The number of nitrogens with zero attached hydrogens (tertiary/aromatic N) is 1. The molecule has 1 N–H and O–H groups in total. The molecule has 1 saturated carbocycles. The number of benzene rings is 1. The van der Waals surface area contributed by atoms with Crippen LogP contribution in [0.4, 0.5) is 13.2 Å². The first-order valence-corrected chi connectivity index (χ1v) is 7.21. The Hall–Kier alpha value is -2.11. The Balaban J connectivity index is 2.43. The standard InChI is InChI=1S/C17H18F3NO2/c1-16(2)8-12(21-10-11-6-4-3-5-7-11)14(13(22)9-16)15(23)17(18,19)20/h3-7,23H,8-10H2,1-2H3/b15-14+,21-12?. The number of hydrogen-bond acceptors (Lipinski definition) is 3. The Kier molecular flexibility index (Phi) is 4.63. The third-order valence-electron chi connectivity index (χ3n) is 3.65. The molecule has 0 atom stereocenters. The summed E-state index contributed by atoms with van der Waals surface area (Å²) in [4.78, 5) is 16.3. The smallest absolute Gasteiger partial charge is 0.449 e. The first-order valence-electron chi connectivity index (χ1n) is 7.21. The third-order valence-corrected chi connectivity index (χ3v) is 3.65.